The van der Waals surface area contributed by atoms with Crippen LogP contribution in [0.2, 0.25) is 0 Å². The lowest BCUT2D eigenvalue weighted by atomic mass is 10.2. The van der Waals surface area contributed by atoms with Crippen molar-refractivity contribution in [1.29, 1.82) is 0 Å². The Kier molecular flexibility index (Phi) is 3.09. The lowest BCUT2D eigenvalue weighted by Crippen LogP contribution is -2.23. The number of nitrogens with zero attached hydrogens (tertiary/aromatic N) is 1. The second kappa shape index (κ2) is 4.51. The van der Waals surface area contributed by atoms with E-state index in [4.69, 9.17) is 4.42 Å². The van der Waals surface area contributed by atoms with Gasteiger partial charge in [-0.2, -0.15) is 0 Å². The van der Waals surface area contributed by atoms with Crippen LogP contribution in [0.25, 0.3) is 0 Å². The van der Waals surface area contributed by atoms with E-state index in [1.54, 1.807) is 6.07 Å². The molecular formula is C12H17NO2. The van der Waals surface area contributed by atoms with Gasteiger partial charge in [-0.25, -0.2) is 0 Å². The number of anilines is 1. The largest absolute Gasteiger partial charge is 0.437 e. The molecule has 2 rings (SSSR count). The van der Waals surface area contributed by atoms with Gasteiger partial charge in [0, 0.05) is 26.1 Å². The molecule has 0 N–H and O–H groups in total. The third-order valence-corrected chi connectivity index (χ3v) is 2.86. The van der Waals surface area contributed by atoms with Crippen molar-refractivity contribution in [3.8, 4) is 0 Å². The van der Waals surface area contributed by atoms with Gasteiger partial charge in [-0.3, -0.25) is 4.79 Å². The summed E-state index contributed by atoms with van der Waals surface area (Å²) in [5, 5.41) is 0. The summed E-state index contributed by atoms with van der Waals surface area (Å²) in [4.78, 5) is 13.3. The summed E-state index contributed by atoms with van der Waals surface area (Å²) in [5.41, 5.74) is 0. The van der Waals surface area contributed by atoms with Crippen LogP contribution in [0.3, 0.4) is 0 Å². The molecule has 0 bridgehead atoms. The number of hydrogen-bond donors (Lipinski definition) is 0. The summed E-state index contributed by atoms with van der Waals surface area (Å²) in [7, 11) is 0. The average Bonchev–Trinajstić information content (AvgIpc) is 2.55. The van der Waals surface area contributed by atoms with Crippen molar-refractivity contribution >= 4 is 11.7 Å². The van der Waals surface area contributed by atoms with Crippen molar-refractivity contribution in [3.05, 3.63) is 17.9 Å². The third kappa shape index (κ3) is 2.41. The normalized spacial score (nSPS) is 17.5. The minimum atomic E-state index is -0.00364. The second-order valence-corrected chi connectivity index (χ2v) is 4.10. The van der Waals surface area contributed by atoms with Crippen LogP contribution in [0.15, 0.2) is 16.5 Å². The van der Waals surface area contributed by atoms with E-state index in [9.17, 15) is 4.79 Å². The Hall–Kier alpha value is -1.25. The minimum Gasteiger partial charge on any atom is -0.437 e. The highest BCUT2D eigenvalue weighted by Gasteiger charge is 2.14. The zero-order chi connectivity index (χ0) is 10.7. The summed E-state index contributed by atoms with van der Waals surface area (Å²) in [5.74, 6) is 1.31. The quantitative estimate of drug-likeness (QED) is 0.699. The van der Waals surface area contributed by atoms with Crippen molar-refractivity contribution in [2.45, 2.75) is 32.6 Å². The van der Waals surface area contributed by atoms with E-state index in [-0.39, 0.29) is 5.78 Å². The van der Waals surface area contributed by atoms with Crippen LogP contribution in [0, 0.1) is 0 Å². The Balaban J connectivity index is 2.10. The molecule has 1 aliphatic rings. The topological polar surface area (TPSA) is 33.5 Å². The molecule has 15 heavy (non-hydrogen) atoms. The fraction of sp³-hybridized carbons (Fsp3) is 0.583. The zero-order valence-corrected chi connectivity index (χ0v) is 9.16. The third-order valence-electron chi connectivity index (χ3n) is 2.86. The zero-order valence-electron chi connectivity index (χ0n) is 9.16. The number of furan rings is 1. The molecule has 0 saturated carbocycles. The number of hydrogen-bond acceptors (Lipinski definition) is 3. The van der Waals surface area contributed by atoms with Gasteiger partial charge in [-0.05, 0) is 18.9 Å². The molecule has 0 unspecified atom stereocenters. The Labute approximate surface area is 90.1 Å². The van der Waals surface area contributed by atoms with Crippen molar-refractivity contribution in [1.82, 2.24) is 0 Å². The van der Waals surface area contributed by atoms with E-state index < -0.39 is 0 Å². The fourth-order valence-electron chi connectivity index (χ4n) is 1.98. The van der Waals surface area contributed by atoms with E-state index in [0.29, 0.717) is 5.76 Å². The van der Waals surface area contributed by atoms with Crippen LogP contribution in [0.1, 0.15) is 43.2 Å². The maximum Gasteiger partial charge on any atom is 0.196 e. The molecule has 1 fully saturated rings. The van der Waals surface area contributed by atoms with Gasteiger partial charge in [-0.15, -0.1) is 0 Å². The Morgan fingerprint density at radius 1 is 1.20 bits per heavy atom. The number of carbonyl (C=O) groups excluding carboxylic acids is 1. The van der Waals surface area contributed by atoms with Gasteiger partial charge in [0.15, 0.2) is 17.4 Å². The molecule has 3 heteroatoms. The average molecular weight is 207 g/mol. The fourth-order valence-corrected chi connectivity index (χ4v) is 1.98. The lowest BCUT2D eigenvalue weighted by Gasteiger charge is -2.18. The highest BCUT2D eigenvalue weighted by molar-refractivity contribution is 5.91. The van der Waals surface area contributed by atoms with E-state index in [0.717, 1.165) is 19.0 Å². The summed E-state index contributed by atoms with van der Waals surface area (Å²) in [6, 6.07) is 3.67. The molecule has 82 valence electrons. The molecule has 0 atom stereocenters. The molecule has 3 nitrogen and oxygen atoms in total. The molecule has 0 spiro atoms. The predicted octanol–water partition coefficient (Wildman–Crippen LogP) is 2.86. The molecule has 0 radical (unpaired) electrons. The van der Waals surface area contributed by atoms with Gasteiger partial charge in [0.25, 0.3) is 0 Å². The van der Waals surface area contributed by atoms with Crippen LogP contribution in [0.4, 0.5) is 5.88 Å². The minimum absolute atomic E-state index is 0.00364. The highest BCUT2D eigenvalue weighted by Crippen LogP contribution is 2.22. The van der Waals surface area contributed by atoms with Gasteiger partial charge >= 0.3 is 0 Å². The van der Waals surface area contributed by atoms with Crippen molar-refractivity contribution in [2.24, 2.45) is 0 Å². The summed E-state index contributed by atoms with van der Waals surface area (Å²) >= 11 is 0. The molecule has 1 aromatic rings. The Morgan fingerprint density at radius 3 is 2.40 bits per heavy atom. The predicted molar refractivity (Wildman–Crippen MR) is 59.4 cm³/mol. The molecule has 1 aromatic heterocycles. The molecule has 0 aromatic carbocycles. The second-order valence-electron chi connectivity index (χ2n) is 4.10. The number of carbonyl (C=O) groups is 1. The van der Waals surface area contributed by atoms with E-state index in [1.807, 2.05) is 6.07 Å². The SMILES string of the molecule is CC(=O)c1ccc(N2CCCCCC2)o1. The van der Waals surface area contributed by atoms with E-state index in [2.05, 4.69) is 4.90 Å². The van der Waals surface area contributed by atoms with Crippen LogP contribution < -0.4 is 4.90 Å². The Morgan fingerprint density at radius 2 is 1.87 bits per heavy atom. The molecule has 1 aliphatic heterocycles. The highest BCUT2D eigenvalue weighted by atomic mass is 16.4. The van der Waals surface area contributed by atoms with Gasteiger partial charge in [0.05, 0.1) is 0 Å². The van der Waals surface area contributed by atoms with Crippen molar-refractivity contribution < 1.29 is 9.21 Å². The molecule has 0 aliphatic carbocycles. The van der Waals surface area contributed by atoms with Crippen LogP contribution in [0.5, 0.6) is 0 Å². The lowest BCUT2D eigenvalue weighted by molar-refractivity contribution is 0.0988. The van der Waals surface area contributed by atoms with E-state index >= 15 is 0 Å². The molecule has 1 saturated heterocycles. The van der Waals surface area contributed by atoms with Gasteiger partial charge in [0.2, 0.25) is 0 Å². The summed E-state index contributed by atoms with van der Waals surface area (Å²) in [6.07, 6.45) is 5.04. The first-order valence-electron chi connectivity index (χ1n) is 5.63. The first-order chi connectivity index (χ1) is 7.27. The maximum absolute atomic E-state index is 11.1. The molecule has 0 amide bonds. The first-order valence-corrected chi connectivity index (χ1v) is 5.63. The number of ketones is 1. The smallest absolute Gasteiger partial charge is 0.196 e. The van der Waals surface area contributed by atoms with Crippen molar-refractivity contribution in [3.63, 3.8) is 0 Å². The Bertz CT molecular complexity index is 335. The molecular weight excluding hydrogens is 190 g/mol. The number of Topliss-reactive ketones (excluding diaryl/α,β-unsaturated/α-hetero) is 1. The van der Waals surface area contributed by atoms with Crippen LogP contribution in [-0.4, -0.2) is 18.9 Å². The van der Waals surface area contributed by atoms with Gasteiger partial charge < -0.3 is 9.32 Å². The molecule has 2 heterocycles. The standard InChI is InChI=1S/C12H17NO2/c1-10(14)11-6-7-12(15-11)13-8-4-2-3-5-9-13/h6-7H,2-5,8-9H2,1H3. The first kappa shape index (κ1) is 10.3. The van der Waals surface area contributed by atoms with Gasteiger partial charge in [0.1, 0.15) is 0 Å². The van der Waals surface area contributed by atoms with Gasteiger partial charge in [-0.1, -0.05) is 12.8 Å². The van der Waals surface area contributed by atoms with Crippen molar-refractivity contribution in [2.75, 3.05) is 18.0 Å². The summed E-state index contributed by atoms with van der Waals surface area (Å²) < 4.78 is 5.52. The monoisotopic (exact) mass is 207 g/mol. The summed E-state index contributed by atoms with van der Waals surface area (Å²) in [6.45, 7) is 3.63. The van der Waals surface area contributed by atoms with E-state index in [1.165, 1.54) is 32.6 Å². The maximum atomic E-state index is 11.1. The number of rotatable bonds is 2. The van der Waals surface area contributed by atoms with Crippen LogP contribution >= 0.6 is 0 Å². The van der Waals surface area contributed by atoms with Crippen LogP contribution in [-0.2, 0) is 0 Å².